The molecule has 0 saturated heterocycles. The Morgan fingerprint density at radius 3 is 2.50 bits per heavy atom. The Morgan fingerprint density at radius 2 is 2.00 bits per heavy atom. The Labute approximate surface area is 60.6 Å². The molecular weight excluding hydrogens is 126 g/mol. The van der Waals surface area contributed by atoms with E-state index >= 15 is 0 Å². The normalized spacial score (nSPS) is 13.0. The number of nitrogens with zero attached hydrogens (tertiary/aromatic N) is 3. The molecule has 0 aliphatic carbocycles. The average molecular weight is 137 g/mol. The van der Waals surface area contributed by atoms with Crippen LogP contribution in [0.4, 0.5) is 0 Å². The SMILES string of the molecule is CCC(C)c1ncncn1. The highest BCUT2D eigenvalue weighted by Crippen LogP contribution is 2.11. The first-order chi connectivity index (χ1) is 4.84. The first kappa shape index (κ1) is 7.12. The van der Waals surface area contributed by atoms with Crippen molar-refractivity contribution in [3.63, 3.8) is 0 Å². The van der Waals surface area contributed by atoms with Crippen LogP contribution >= 0.6 is 0 Å². The number of hydrogen-bond acceptors (Lipinski definition) is 3. The van der Waals surface area contributed by atoms with Gasteiger partial charge in [-0.15, -0.1) is 0 Å². The lowest BCUT2D eigenvalue weighted by molar-refractivity contribution is 0.671. The van der Waals surface area contributed by atoms with Crippen LogP contribution in [0.1, 0.15) is 32.0 Å². The van der Waals surface area contributed by atoms with Crippen molar-refractivity contribution in [2.75, 3.05) is 0 Å². The second-order valence-corrected chi connectivity index (χ2v) is 2.31. The van der Waals surface area contributed by atoms with E-state index in [9.17, 15) is 0 Å². The molecule has 0 saturated carbocycles. The van der Waals surface area contributed by atoms with Crippen LogP contribution in [0.25, 0.3) is 0 Å². The van der Waals surface area contributed by atoms with Crippen LogP contribution in [0, 0.1) is 0 Å². The minimum Gasteiger partial charge on any atom is -0.225 e. The van der Waals surface area contributed by atoms with Crippen LogP contribution in [0.5, 0.6) is 0 Å². The molecule has 0 fully saturated rings. The van der Waals surface area contributed by atoms with Crippen molar-refractivity contribution in [3.8, 4) is 0 Å². The molecule has 1 rings (SSSR count). The van der Waals surface area contributed by atoms with Gasteiger partial charge in [0.2, 0.25) is 0 Å². The summed E-state index contributed by atoms with van der Waals surface area (Å²) in [5.41, 5.74) is 0. The summed E-state index contributed by atoms with van der Waals surface area (Å²) in [4.78, 5) is 11.8. The van der Waals surface area contributed by atoms with Gasteiger partial charge in [0.05, 0.1) is 0 Å². The van der Waals surface area contributed by atoms with Crippen LogP contribution in [0.3, 0.4) is 0 Å². The van der Waals surface area contributed by atoms with E-state index in [1.807, 2.05) is 0 Å². The Hall–Kier alpha value is -0.990. The fourth-order valence-electron chi connectivity index (χ4n) is 0.685. The summed E-state index contributed by atoms with van der Waals surface area (Å²) in [6.07, 6.45) is 4.15. The van der Waals surface area contributed by atoms with E-state index in [4.69, 9.17) is 0 Å². The zero-order chi connectivity index (χ0) is 7.40. The fourth-order valence-corrected chi connectivity index (χ4v) is 0.685. The second kappa shape index (κ2) is 3.25. The lowest BCUT2D eigenvalue weighted by Crippen LogP contribution is -1.98. The van der Waals surface area contributed by atoms with Crippen LogP contribution in [0.15, 0.2) is 12.7 Å². The molecule has 1 aromatic rings. The first-order valence-electron chi connectivity index (χ1n) is 3.46. The van der Waals surface area contributed by atoms with E-state index in [2.05, 4.69) is 28.8 Å². The smallest absolute Gasteiger partial charge is 0.134 e. The molecule has 1 unspecified atom stereocenters. The molecular formula is C7H11N3. The van der Waals surface area contributed by atoms with Crippen molar-refractivity contribution in [1.82, 2.24) is 15.0 Å². The van der Waals surface area contributed by atoms with Gasteiger partial charge in [-0.25, -0.2) is 15.0 Å². The van der Waals surface area contributed by atoms with Gasteiger partial charge in [0.15, 0.2) is 0 Å². The first-order valence-corrected chi connectivity index (χ1v) is 3.46. The van der Waals surface area contributed by atoms with Crippen molar-refractivity contribution in [2.45, 2.75) is 26.2 Å². The predicted molar refractivity (Wildman–Crippen MR) is 38.5 cm³/mol. The maximum absolute atomic E-state index is 4.03. The van der Waals surface area contributed by atoms with Crippen molar-refractivity contribution >= 4 is 0 Å². The van der Waals surface area contributed by atoms with Crippen LogP contribution in [-0.2, 0) is 0 Å². The van der Waals surface area contributed by atoms with E-state index in [1.165, 1.54) is 12.7 Å². The van der Waals surface area contributed by atoms with Crippen LogP contribution < -0.4 is 0 Å². The number of hydrogen-bond donors (Lipinski definition) is 0. The molecule has 0 aliphatic rings. The molecule has 10 heavy (non-hydrogen) atoms. The van der Waals surface area contributed by atoms with E-state index < -0.39 is 0 Å². The third-order valence-electron chi connectivity index (χ3n) is 1.57. The number of rotatable bonds is 2. The molecule has 1 aromatic heterocycles. The minimum absolute atomic E-state index is 0.447. The Bertz CT molecular complexity index is 185. The summed E-state index contributed by atoms with van der Waals surface area (Å²) in [5.74, 6) is 1.33. The van der Waals surface area contributed by atoms with Gasteiger partial charge in [-0.1, -0.05) is 13.8 Å². The highest BCUT2D eigenvalue weighted by molar-refractivity contribution is 4.89. The zero-order valence-electron chi connectivity index (χ0n) is 6.28. The quantitative estimate of drug-likeness (QED) is 0.618. The molecule has 54 valence electrons. The van der Waals surface area contributed by atoms with Gasteiger partial charge < -0.3 is 0 Å². The highest BCUT2D eigenvalue weighted by Gasteiger charge is 2.03. The van der Waals surface area contributed by atoms with Gasteiger partial charge in [-0.3, -0.25) is 0 Å². The van der Waals surface area contributed by atoms with E-state index in [1.54, 1.807) is 0 Å². The lowest BCUT2D eigenvalue weighted by Gasteiger charge is -2.03. The monoisotopic (exact) mass is 137 g/mol. The van der Waals surface area contributed by atoms with Gasteiger partial charge in [-0.05, 0) is 6.42 Å². The molecule has 0 aliphatic heterocycles. The molecule has 3 nitrogen and oxygen atoms in total. The summed E-state index contributed by atoms with van der Waals surface area (Å²) in [6.45, 7) is 4.23. The molecule has 0 aromatic carbocycles. The minimum atomic E-state index is 0.447. The van der Waals surface area contributed by atoms with E-state index in [-0.39, 0.29) is 0 Å². The summed E-state index contributed by atoms with van der Waals surface area (Å²) < 4.78 is 0. The average Bonchev–Trinajstić information content (AvgIpc) is 2.05. The van der Waals surface area contributed by atoms with Crippen LogP contribution in [-0.4, -0.2) is 15.0 Å². The standard InChI is InChI=1S/C7H11N3/c1-3-6(2)7-9-4-8-5-10-7/h4-6H,3H2,1-2H3. The summed E-state index contributed by atoms with van der Waals surface area (Å²) in [6, 6.07) is 0. The molecule has 1 atom stereocenters. The maximum atomic E-state index is 4.03. The van der Waals surface area contributed by atoms with Crippen molar-refractivity contribution < 1.29 is 0 Å². The van der Waals surface area contributed by atoms with Crippen LogP contribution in [0.2, 0.25) is 0 Å². The third-order valence-corrected chi connectivity index (χ3v) is 1.57. The molecule has 1 heterocycles. The van der Waals surface area contributed by atoms with E-state index in [0.29, 0.717) is 5.92 Å². The molecule has 0 spiro atoms. The summed E-state index contributed by atoms with van der Waals surface area (Å²) in [7, 11) is 0. The molecule has 0 radical (unpaired) electrons. The second-order valence-electron chi connectivity index (χ2n) is 2.31. The van der Waals surface area contributed by atoms with E-state index in [0.717, 1.165) is 12.2 Å². The van der Waals surface area contributed by atoms with Gasteiger partial charge >= 0.3 is 0 Å². The Kier molecular flexibility index (Phi) is 2.31. The van der Waals surface area contributed by atoms with Gasteiger partial charge in [-0.2, -0.15) is 0 Å². The largest absolute Gasteiger partial charge is 0.225 e. The summed E-state index contributed by atoms with van der Waals surface area (Å²) in [5, 5.41) is 0. The molecule has 0 N–H and O–H groups in total. The van der Waals surface area contributed by atoms with Crippen molar-refractivity contribution in [2.24, 2.45) is 0 Å². The topological polar surface area (TPSA) is 38.7 Å². The molecule has 0 amide bonds. The lowest BCUT2D eigenvalue weighted by atomic mass is 10.1. The van der Waals surface area contributed by atoms with Crippen molar-refractivity contribution in [3.05, 3.63) is 18.5 Å². The maximum Gasteiger partial charge on any atom is 0.134 e. The van der Waals surface area contributed by atoms with Gasteiger partial charge in [0.25, 0.3) is 0 Å². The fraction of sp³-hybridized carbons (Fsp3) is 0.571. The Morgan fingerprint density at radius 1 is 1.40 bits per heavy atom. The predicted octanol–water partition coefficient (Wildman–Crippen LogP) is 1.39. The Balaban J connectivity index is 2.75. The third kappa shape index (κ3) is 1.50. The zero-order valence-corrected chi connectivity index (χ0v) is 6.28. The molecule has 0 bridgehead atoms. The number of aromatic nitrogens is 3. The van der Waals surface area contributed by atoms with Gasteiger partial charge in [0, 0.05) is 5.92 Å². The molecule has 3 heteroatoms. The van der Waals surface area contributed by atoms with Gasteiger partial charge in [0.1, 0.15) is 18.5 Å². The highest BCUT2D eigenvalue weighted by atomic mass is 15.0. The summed E-state index contributed by atoms with van der Waals surface area (Å²) >= 11 is 0. The van der Waals surface area contributed by atoms with Crippen molar-refractivity contribution in [1.29, 1.82) is 0 Å².